The first-order chi connectivity index (χ1) is 17.4. The molecule has 0 saturated carbocycles. The highest BCUT2D eigenvalue weighted by Crippen LogP contribution is 2.40. The molecule has 2 N–H and O–H groups in total. The van der Waals surface area contributed by atoms with E-state index in [0.717, 1.165) is 59.4 Å². The van der Waals surface area contributed by atoms with Crippen molar-refractivity contribution < 1.29 is 9.59 Å². The highest BCUT2D eigenvalue weighted by atomic mass is 32.1. The topological polar surface area (TPSA) is 119 Å². The summed E-state index contributed by atoms with van der Waals surface area (Å²) in [7, 11) is 0. The van der Waals surface area contributed by atoms with Gasteiger partial charge in [-0.05, 0) is 73.6 Å². The first-order valence-corrected chi connectivity index (χ1v) is 13.7. The molecule has 9 heteroatoms. The van der Waals surface area contributed by atoms with Crippen LogP contribution in [0.5, 0.6) is 0 Å². The summed E-state index contributed by atoms with van der Waals surface area (Å²) in [4.78, 5) is 32.6. The third kappa shape index (κ3) is 4.53. The zero-order valence-electron chi connectivity index (χ0n) is 20.1. The van der Waals surface area contributed by atoms with E-state index in [1.54, 1.807) is 18.2 Å². The van der Waals surface area contributed by atoms with Gasteiger partial charge in [0.2, 0.25) is 0 Å². The standard InChI is InChI=1S/C27H25N5O2S2/c1-14-6-8-16-18(12-28)26(35-22(16)10-14)31-24(33)20-4-3-5-21(30-20)25(34)32-27-19(13-29)17-9-7-15(2)11-23(17)36-27/h3-5,14-15H,6-11H2,1-2H3,(H,31,33)(H,32,34). The molecule has 0 radical (unpaired) electrons. The maximum Gasteiger partial charge on any atom is 0.274 e. The Bertz CT molecular complexity index is 1350. The average Bonchev–Trinajstić information content (AvgIpc) is 3.39. The Morgan fingerprint density at radius 2 is 1.31 bits per heavy atom. The minimum atomic E-state index is -0.467. The molecule has 2 aliphatic rings. The molecule has 7 nitrogen and oxygen atoms in total. The van der Waals surface area contributed by atoms with Gasteiger partial charge in [-0.1, -0.05) is 19.9 Å². The fourth-order valence-electron chi connectivity index (χ4n) is 4.94. The van der Waals surface area contributed by atoms with Gasteiger partial charge < -0.3 is 10.6 Å². The molecule has 182 valence electrons. The first kappa shape index (κ1) is 24.2. The Balaban J connectivity index is 1.35. The minimum absolute atomic E-state index is 0.0890. The Hall–Kier alpha value is -3.53. The number of pyridine rings is 1. The van der Waals surface area contributed by atoms with Crippen LogP contribution in [0, 0.1) is 34.5 Å². The SMILES string of the molecule is CC1CCc2c(sc(NC(=O)c3cccc(C(=O)Nc4sc5c(c4C#N)CCC(C)C5)n3)c2C#N)C1. The molecule has 5 rings (SSSR count). The van der Waals surface area contributed by atoms with Crippen LogP contribution in [-0.4, -0.2) is 16.8 Å². The van der Waals surface area contributed by atoms with Crippen molar-refractivity contribution >= 4 is 44.5 Å². The van der Waals surface area contributed by atoms with Gasteiger partial charge >= 0.3 is 0 Å². The normalized spacial score (nSPS) is 18.3. The summed E-state index contributed by atoms with van der Waals surface area (Å²) in [5, 5.41) is 26.2. The van der Waals surface area contributed by atoms with E-state index in [2.05, 4.69) is 41.6 Å². The summed E-state index contributed by atoms with van der Waals surface area (Å²) in [5.41, 5.74) is 3.32. The third-order valence-electron chi connectivity index (χ3n) is 6.92. The molecule has 0 aliphatic heterocycles. The van der Waals surface area contributed by atoms with Crippen LogP contribution < -0.4 is 10.6 Å². The third-order valence-corrected chi connectivity index (χ3v) is 9.26. The Kier molecular flexibility index (Phi) is 6.61. The highest BCUT2D eigenvalue weighted by Gasteiger charge is 2.27. The minimum Gasteiger partial charge on any atom is -0.311 e. The monoisotopic (exact) mass is 515 g/mol. The summed E-state index contributed by atoms with van der Waals surface area (Å²) in [5.74, 6) is 0.182. The van der Waals surface area contributed by atoms with Gasteiger partial charge in [0.25, 0.3) is 11.8 Å². The number of anilines is 2. The van der Waals surface area contributed by atoms with Crippen LogP contribution in [0.15, 0.2) is 18.2 Å². The largest absolute Gasteiger partial charge is 0.311 e. The zero-order chi connectivity index (χ0) is 25.4. The number of aromatic nitrogens is 1. The summed E-state index contributed by atoms with van der Waals surface area (Å²) >= 11 is 2.90. The van der Waals surface area contributed by atoms with Crippen LogP contribution in [0.1, 0.15) is 79.7 Å². The molecule has 2 unspecified atom stereocenters. The highest BCUT2D eigenvalue weighted by molar-refractivity contribution is 7.17. The van der Waals surface area contributed by atoms with Crippen LogP contribution in [0.3, 0.4) is 0 Å². The predicted molar refractivity (Wildman–Crippen MR) is 141 cm³/mol. The van der Waals surface area contributed by atoms with E-state index in [0.29, 0.717) is 33.0 Å². The number of fused-ring (bicyclic) bond motifs is 2. The van der Waals surface area contributed by atoms with Crippen molar-refractivity contribution in [1.82, 2.24) is 4.98 Å². The van der Waals surface area contributed by atoms with Crippen LogP contribution in [0.25, 0.3) is 0 Å². The summed E-state index contributed by atoms with van der Waals surface area (Å²) in [6, 6.07) is 9.19. The molecule has 36 heavy (non-hydrogen) atoms. The maximum atomic E-state index is 13.0. The van der Waals surface area contributed by atoms with Gasteiger partial charge in [-0.25, -0.2) is 4.98 Å². The number of nitrogens with one attached hydrogen (secondary N) is 2. The fraction of sp³-hybridized carbons (Fsp3) is 0.370. The molecule has 0 spiro atoms. The second-order valence-corrected chi connectivity index (χ2v) is 11.9. The maximum absolute atomic E-state index is 13.0. The molecule has 0 fully saturated rings. The molecule has 3 aromatic rings. The zero-order valence-corrected chi connectivity index (χ0v) is 21.7. The van der Waals surface area contributed by atoms with Gasteiger partial charge in [-0.2, -0.15) is 10.5 Å². The molecule has 3 heterocycles. The molecular formula is C27H25N5O2S2. The number of nitrogens with zero attached hydrogens (tertiary/aromatic N) is 3. The summed E-state index contributed by atoms with van der Waals surface area (Å²) < 4.78 is 0. The molecular weight excluding hydrogens is 490 g/mol. The summed E-state index contributed by atoms with van der Waals surface area (Å²) in [6.07, 6.45) is 5.57. The van der Waals surface area contributed by atoms with E-state index in [4.69, 9.17) is 0 Å². The van der Waals surface area contributed by atoms with E-state index < -0.39 is 11.8 Å². The van der Waals surface area contributed by atoms with Crippen LogP contribution in [0.4, 0.5) is 10.0 Å². The predicted octanol–water partition coefficient (Wildman–Crippen LogP) is 5.70. The number of carbonyl (C=O) groups excluding carboxylic acids is 2. The second kappa shape index (κ2) is 9.85. The average molecular weight is 516 g/mol. The van der Waals surface area contributed by atoms with E-state index in [-0.39, 0.29) is 11.4 Å². The van der Waals surface area contributed by atoms with Crippen molar-refractivity contribution in [2.24, 2.45) is 11.8 Å². The van der Waals surface area contributed by atoms with Crippen molar-refractivity contribution in [3.8, 4) is 12.1 Å². The number of hydrogen-bond acceptors (Lipinski definition) is 7. The van der Waals surface area contributed by atoms with E-state index >= 15 is 0 Å². The van der Waals surface area contributed by atoms with Gasteiger partial charge in [-0.15, -0.1) is 22.7 Å². The first-order valence-electron chi connectivity index (χ1n) is 12.1. The number of carbonyl (C=O) groups is 2. The number of amides is 2. The van der Waals surface area contributed by atoms with Gasteiger partial charge in [0.05, 0.1) is 11.1 Å². The number of nitriles is 2. The van der Waals surface area contributed by atoms with Gasteiger partial charge in [0.1, 0.15) is 33.5 Å². The van der Waals surface area contributed by atoms with Crippen LogP contribution in [-0.2, 0) is 25.7 Å². The van der Waals surface area contributed by atoms with Crippen molar-refractivity contribution in [1.29, 1.82) is 10.5 Å². The molecule has 3 aromatic heterocycles. The molecule has 0 aromatic carbocycles. The Labute approximate surface area is 217 Å². The van der Waals surface area contributed by atoms with E-state index in [1.807, 2.05) is 0 Å². The lowest BCUT2D eigenvalue weighted by atomic mass is 9.88. The van der Waals surface area contributed by atoms with Gasteiger partial charge in [0, 0.05) is 9.75 Å². The number of rotatable bonds is 4. The molecule has 0 saturated heterocycles. The molecule has 2 amide bonds. The van der Waals surface area contributed by atoms with E-state index in [1.165, 1.54) is 22.7 Å². The number of thiophene rings is 2. The lowest BCUT2D eigenvalue weighted by Gasteiger charge is -2.17. The smallest absolute Gasteiger partial charge is 0.274 e. The quantitative estimate of drug-likeness (QED) is 0.462. The second-order valence-electron chi connectivity index (χ2n) is 9.65. The summed E-state index contributed by atoms with van der Waals surface area (Å²) in [6.45, 7) is 4.39. The van der Waals surface area contributed by atoms with Crippen molar-refractivity contribution in [2.75, 3.05) is 10.6 Å². The van der Waals surface area contributed by atoms with Gasteiger partial charge in [0.15, 0.2) is 0 Å². The lowest BCUT2D eigenvalue weighted by Crippen LogP contribution is -2.18. The Morgan fingerprint density at radius 1 is 0.861 bits per heavy atom. The fourth-order valence-corrected chi connectivity index (χ4v) is 7.65. The Morgan fingerprint density at radius 3 is 1.72 bits per heavy atom. The van der Waals surface area contributed by atoms with Crippen LogP contribution >= 0.6 is 22.7 Å². The van der Waals surface area contributed by atoms with Gasteiger partial charge in [-0.3, -0.25) is 9.59 Å². The van der Waals surface area contributed by atoms with Crippen molar-refractivity contribution in [2.45, 2.75) is 52.4 Å². The molecule has 0 bridgehead atoms. The lowest BCUT2D eigenvalue weighted by molar-refractivity contribution is 0.101. The van der Waals surface area contributed by atoms with Crippen LogP contribution in [0.2, 0.25) is 0 Å². The van der Waals surface area contributed by atoms with Crippen molar-refractivity contribution in [3.63, 3.8) is 0 Å². The van der Waals surface area contributed by atoms with Crippen molar-refractivity contribution in [3.05, 3.63) is 61.6 Å². The molecule has 2 atom stereocenters. The number of hydrogen-bond donors (Lipinski definition) is 2. The van der Waals surface area contributed by atoms with E-state index in [9.17, 15) is 20.1 Å². The molecule has 2 aliphatic carbocycles.